The molecule has 2 unspecified atom stereocenters. The Kier molecular flexibility index (Phi) is 5.48. The Labute approximate surface area is 165 Å². The second kappa shape index (κ2) is 7.58. The van der Waals surface area contributed by atoms with Crippen LogP contribution in [0.5, 0.6) is 0 Å². The van der Waals surface area contributed by atoms with E-state index < -0.39 is 27.7 Å². The van der Waals surface area contributed by atoms with Gasteiger partial charge in [0.2, 0.25) is 15.9 Å². The molecular weight excluding hydrogens is 409 g/mol. The van der Waals surface area contributed by atoms with Gasteiger partial charge in [-0.3, -0.25) is 9.52 Å². The molecule has 29 heavy (non-hydrogen) atoms. The number of alkyl halides is 3. The molecule has 10 heteroatoms. The lowest BCUT2D eigenvalue weighted by Crippen LogP contribution is -2.16. The molecular formula is C19H19F3N2O4S. The fourth-order valence-corrected chi connectivity index (χ4v) is 3.40. The highest BCUT2D eigenvalue weighted by Crippen LogP contribution is 2.47. The Bertz CT molecular complexity index is 1060. The Morgan fingerprint density at radius 1 is 1.21 bits per heavy atom. The summed E-state index contributed by atoms with van der Waals surface area (Å²) in [5.74, 6) is 1.46. The molecule has 1 aromatic carbocycles. The van der Waals surface area contributed by atoms with Crippen molar-refractivity contribution in [2.75, 3.05) is 16.3 Å². The van der Waals surface area contributed by atoms with Gasteiger partial charge in [0, 0.05) is 12.0 Å². The summed E-state index contributed by atoms with van der Waals surface area (Å²) in [5, 5.41) is 2.27. The summed E-state index contributed by atoms with van der Waals surface area (Å²) < 4.78 is 69.5. The Balaban J connectivity index is 1.77. The molecule has 1 saturated carbocycles. The number of nitrogens with one attached hydrogen (secondary N) is 2. The zero-order chi connectivity index (χ0) is 21.4. The Hall–Kier alpha value is -2.75. The molecule has 0 radical (unpaired) electrons. The van der Waals surface area contributed by atoms with Crippen molar-refractivity contribution in [3.8, 4) is 0 Å². The quantitative estimate of drug-likeness (QED) is 0.666. The number of sulfonamides is 1. The van der Waals surface area contributed by atoms with Crippen LogP contribution in [0.25, 0.3) is 6.08 Å². The molecule has 3 rings (SSSR count). The van der Waals surface area contributed by atoms with Crippen LogP contribution in [-0.2, 0) is 21.0 Å². The molecule has 1 aromatic heterocycles. The third-order valence-electron chi connectivity index (χ3n) is 4.42. The molecule has 0 spiro atoms. The van der Waals surface area contributed by atoms with E-state index in [2.05, 4.69) is 17.0 Å². The van der Waals surface area contributed by atoms with Crippen molar-refractivity contribution in [2.45, 2.75) is 25.4 Å². The predicted molar refractivity (Wildman–Crippen MR) is 103 cm³/mol. The number of amides is 1. The minimum atomic E-state index is -4.65. The largest absolute Gasteiger partial charge is 0.461 e. The number of halogens is 3. The number of anilines is 2. The average molecular weight is 428 g/mol. The summed E-state index contributed by atoms with van der Waals surface area (Å²) in [6.07, 6.45) is -0.260. The molecule has 1 aliphatic carbocycles. The Morgan fingerprint density at radius 2 is 1.90 bits per heavy atom. The zero-order valence-electron chi connectivity index (χ0n) is 15.6. The highest BCUT2D eigenvalue weighted by molar-refractivity contribution is 7.92. The van der Waals surface area contributed by atoms with Crippen molar-refractivity contribution in [2.24, 2.45) is 5.92 Å². The summed E-state index contributed by atoms with van der Waals surface area (Å²) in [6, 6.07) is 5.86. The maximum absolute atomic E-state index is 13.0. The maximum Gasteiger partial charge on any atom is 0.416 e. The van der Waals surface area contributed by atoms with Crippen LogP contribution in [0.15, 0.2) is 40.8 Å². The number of hydrogen-bond acceptors (Lipinski definition) is 4. The number of carbonyl (C=O) groups is 1. The highest BCUT2D eigenvalue weighted by atomic mass is 32.2. The van der Waals surface area contributed by atoms with Crippen LogP contribution in [0, 0.1) is 5.92 Å². The van der Waals surface area contributed by atoms with Crippen molar-refractivity contribution in [1.82, 2.24) is 0 Å². The van der Waals surface area contributed by atoms with E-state index in [4.69, 9.17) is 4.42 Å². The molecule has 2 aromatic rings. The van der Waals surface area contributed by atoms with E-state index >= 15 is 0 Å². The lowest BCUT2D eigenvalue weighted by atomic mass is 10.1. The number of benzene rings is 1. The maximum atomic E-state index is 13.0. The van der Waals surface area contributed by atoms with Crippen LogP contribution in [0.4, 0.5) is 24.5 Å². The van der Waals surface area contributed by atoms with E-state index in [1.165, 1.54) is 6.08 Å². The number of hydrogen-bond donors (Lipinski definition) is 2. The minimum absolute atomic E-state index is 0.176. The second-order valence-corrected chi connectivity index (χ2v) is 8.76. The van der Waals surface area contributed by atoms with Gasteiger partial charge in [-0.25, -0.2) is 8.42 Å². The summed E-state index contributed by atoms with van der Waals surface area (Å²) in [6.45, 7) is 2.10. The van der Waals surface area contributed by atoms with Crippen LogP contribution in [0.1, 0.15) is 36.3 Å². The second-order valence-electron chi connectivity index (χ2n) is 7.01. The topological polar surface area (TPSA) is 88.4 Å². The molecule has 0 aliphatic heterocycles. The van der Waals surface area contributed by atoms with Crippen molar-refractivity contribution < 1.29 is 30.8 Å². The van der Waals surface area contributed by atoms with E-state index in [0.29, 0.717) is 23.7 Å². The molecule has 1 amide bonds. The van der Waals surface area contributed by atoms with E-state index in [1.807, 2.05) is 6.07 Å². The normalized spacial score (nSPS) is 19.3. The van der Waals surface area contributed by atoms with Crippen LogP contribution in [0.3, 0.4) is 0 Å². The van der Waals surface area contributed by atoms with Crippen LogP contribution in [-0.4, -0.2) is 20.6 Å². The van der Waals surface area contributed by atoms with E-state index in [9.17, 15) is 26.4 Å². The number of carbonyl (C=O) groups excluding carboxylic acids is 1. The van der Waals surface area contributed by atoms with Gasteiger partial charge in [-0.15, -0.1) is 0 Å². The smallest absolute Gasteiger partial charge is 0.416 e. The number of furan rings is 1. The fourth-order valence-electron chi connectivity index (χ4n) is 2.82. The number of rotatable bonds is 6. The average Bonchev–Trinajstić information content (AvgIpc) is 3.13. The molecule has 0 saturated heterocycles. The lowest BCUT2D eigenvalue weighted by Gasteiger charge is -2.14. The van der Waals surface area contributed by atoms with Crippen LogP contribution >= 0.6 is 0 Å². The Morgan fingerprint density at radius 3 is 2.48 bits per heavy atom. The third kappa shape index (κ3) is 5.63. The van der Waals surface area contributed by atoms with Gasteiger partial charge in [-0.1, -0.05) is 6.92 Å². The van der Waals surface area contributed by atoms with Gasteiger partial charge in [0.05, 0.1) is 23.2 Å². The third-order valence-corrected chi connectivity index (χ3v) is 5.01. The molecule has 1 aliphatic rings. The molecule has 156 valence electrons. The van der Waals surface area contributed by atoms with Crippen LogP contribution < -0.4 is 10.0 Å². The molecule has 1 heterocycles. The first-order valence-corrected chi connectivity index (χ1v) is 10.6. The van der Waals surface area contributed by atoms with Crippen molar-refractivity contribution in [3.05, 3.63) is 53.5 Å². The molecule has 2 atom stereocenters. The molecule has 2 N–H and O–H groups in total. The summed E-state index contributed by atoms with van der Waals surface area (Å²) in [5.41, 5.74) is -1.51. The van der Waals surface area contributed by atoms with E-state index in [1.54, 1.807) is 6.07 Å². The summed E-state index contributed by atoms with van der Waals surface area (Å²) in [7, 11) is -3.76. The standard InChI is InChI=1S/C19H19F3N2O4S/c1-11-9-14(11)17-7-4-13(28-17)5-8-18(25)23-16-10-12(19(20,21)22)3-6-15(16)24-29(2,26)27/h3-8,10-11,14,24H,9H2,1-2H3,(H,23,25). The van der Waals surface area contributed by atoms with Crippen molar-refractivity contribution in [3.63, 3.8) is 0 Å². The summed E-state index contributed by atoms with van der Waals surface area (Å²) >= 11 is 0. The molecule has 1 fully saturated rings. The van der Waals surface area contributed by atoms with Gasteiger partial charge >= 0.3 is 6.18 Å². The van der Waals surface area contributed by atoms with E-state index in [0.717, 1.165) is 36.6 Å². The van der Waals surface area contributed by atoms with Gasteiger partial charge in [-0.2, -0.15) is 13.2 Å². The van der Waals surface area contributed by atoms with E-state index in [-0.39, 0.29) is 11.4 Å². The zero-order valence-corrected chi connectivity index (χ0v) is 16.4. The van der Waals surface area contributed by atoms with Gasteiger partial charge in [0.1, 0.15) is 11.5 Å². The monoisotopic (exact) mass is 428 g/mol. The molecule has 6 nitrogen and oxygen atoms in total. The first kappa shape index (κ1) is 21.0. The summed E-state index contributed by atoms with van der Waals surface area (Å²) in [4.78, 5) is 12.2. The highest BCUT2D eigenvalue weighted by Gasteiger charge is 2.36. The van der Waals surface area contributed by atoms with Crippen molar-refractivity contribution in [1.29, 1.82) is 0 Å². The van der Waals surface area contributed by atoms with Gasteiger partial charge in [0.15, 0.2) is 0 Å². The lowest BCUT2D eigenvalue weighted by molar-refractivity contribution is -0.137. The first-order valence-electron chi connectivity index (χ1n) is 8.70. The van der Waals surface area contributed by atoms with Crippen molar-refractivity contribution >= 4 is 33.4 Å². The van der Waals surface area contributed by atoms with Gasteiger partial charge in [0.25, 0.3) is 0 Å². The minimum Gasteiger partial charge on any atom is -0.461 e. The molecule has 0 bridgehead atoms. The van der Waals surface area contributed by atoms with Crippen LogP contribution in [0.2, 0.25) is 0 Å². The first-order chi connectivity index (χ1) is 13.4. The van der Waals surface area contributed by atoms with Gasteiger partial charge in [-0.05, 0) is 48.7 Å². The SMILES string of the molecule is CC1CC1c1ccc(C=CC(=O)Nc2cc(C(F)(F)F)ccc2NS(C)(=O)=O)o1. The fraction of sp³-hybridized carbons (Fsp3) is 0.316. The van der Waals surface area contributed by atoms with Gasteiger partial charge < -0.3 is 9.73 Å². The predicted octanol–water partition coefficient (Wildman–Crippen LogP) is 4.45.